The van der Waals surface area contributed by atoms with E-state index in [4.69, 9.17) is 9.84 Å². The minimum Gasteiger partial charge on any atom is -0.496 e. The summed E-state index contributed by atoms with van der Waals surface area (Å²) in [4.78, 5) is 9.97. The summed E-state index contributed by atoms with van der Waals surface area (Å²) in [6.45, 7) is 2.98. The molecule has 0 saturated heterocycles. The lowest BCUT2D eigenvalue weighted by Gasteiger charge is -2.17. The van der Waals surface area contributed by atoms with Gasteiger partial charge in [-0.3, -0.25) is 0 Å². The Hall–Kier alpha value is -1.77. The number of alkyl halides is 3. The molecule has 1 rings (SSSR count). The number of carboxylic acid groups (broad SMARTS) is 1. The van der Waals surface area contributed by atoms with E-state index >= 15 is 0 Å². The lowest BCUT2D eigenvalue weighted by molar-refractivity contribution is -0.0436. The van der Waals surface area contributed by atoms with E-state index in [2.05, 4.69) is 0 Å². The Labute approximate surface area is 119 Å². The summed E-state index contributed by atoms with van der Waals surface area (Å²) in [5, 5.41) is 8.96. The quantitative estimate of drug-likeness (QED) is 0.920. The maximum Gasteiger partial charge on any atom is 0.501 e. The molecule has 9 heteroatoms. The molecule has 0 radical (unpaired) electrons. The largest absolute Gasteiger partial charge is 0.501 e. The van der Waals surface area contributed by atoms with Gasteiger partial charge in [-0.2, -0.15) is 13.2 Å². The number of carboxylic acids is 1. The Balaban J connectivity index is 3.80. The average Bonchev–Trinajstić information content (AvgIpc) is 2.35. The number of methoxy groups -OCH3 is 1. The molecule has 1 aromatic rings. The fourth-order valence-electron chi connectivity index (χ4n) is 1.72. The summed E-state index contributed by atoms with van der Waals surface area (Å²) < 4.78 is 66.1. The zero-order chi connectivity index (χ0) is 16.6. The number of ether oxygens (including phenoxy) is 1. The number of halogens is 3. The predicted molar refractivity (Wildman–Crippen MR) is 67.3 cm³/mol. The van der Waals surface area contributed by atoms with Gasteiger partial charge in [0.2, 0.25) is 0 Å². The van der Waals surface area contributed by atoms with Crippen molar-refractivity contribution in [2.75, 3.05) is 7.11 Å². The van der Waals surface area contributed by atoms with E-state index in [0.29, 0.717) is 6.07 Å². The molecule has 0 atom stereocenters. The first kappa shape index (κ1) is 17.3. The van der Waals surface area contributed by atoms with E-state index in [1.807, 2.05) is 0 Å². The molecular weight excluding hydrogens is 313 g/mol. The van der Waals surface area contributed by atoms with Gasteiger partial charge in [-0.05, 0) is 23.6 Å². The van der Waals surface area contributed by atoms with Crippen LogP contribution in [0.4, 0.5) is 13.2 Å². The second-order valence-corrected chi connectivity index (χ2v) is 6.41. The van der Waals surface area contributed by atoms with Crippen molar-refractivity contribution in [3.63, 3.8) is 0 Å². The van der Waals surface area contributed by atoms with Crippen LogP contribution in [0, 0.1) is 0 Å². The first-order valence-corrected chi connectivity index (χ1v) is 7.18. The van der Waals surface area contributed by atoms with E-state index in [-0.39, 0.29) is 11.3 Å². The van der Waals surface area contributed by atoms with E-state index in [1.54, 1.807) is 0 Å². The number of sulfone groups is 1. The number of hydrogen-bond donors (Lipinski definition) is 1. The molecule has 0 heterocycles. The number of rotatable bonds is 4. The highest BCUT2D eigenvalue weighted by Gasteiger charge is 2.48. The molecule has 118 valence electrons. The van der Waals surface area contributed by atoms with Crippen molar-refractivity contribution in [2.24, 2.45) is 0 Å². The van der Waals surface area contributed by atoms with Gasteiger partial charge in [0, 0.05) is 0 Å². The molecule has 0 fully saturated rings. The third-order valence-corrected chi connectivity index (χ3v) is 4.32. The van der Waals surface area contributed by atoms with Crippen molar-refractivity contribution in [1.29, 1.82) is 0 Å². The van der Waals surface area contributed by atoms with Crippen LogP contribution in [0.25, 0.3) is 0 Å². The Bertz CT molecular complexity index is 662. The minimum absolute atomic E-state index is 0.158. The highest BCUT2D eigenvalue weighted by atomic mass is 32.2. The van der Waals surface area contributed by atoms with Gasteiger partial charge in [0.05, 0.1) is 12.0 Å². The van der Waals surface area contributed by atoms with Crippen LogP contribution in [0.3, 0.4) is 0 Å². The summed E-state index contributed by atoms with van der Waals surface area (Å²) in [6.07, 6.45) is 0. The number of benzene rings is 1. The van der Waals surface area contributed by atoms with Crippen molar-refractivity contribution in [1.82, 2.24) is 0 Å². The van der Waals surface area contributed by atoms with Crippen molar-refractivity contribution in [3.8, 4) is 5.75 Å². The molecule has 0 aliphatic heterocycles. The van der Waals surface area contributed by atoms with Gasteiger partial charge in [0.1, 0.15) is 11.3 Å². The molecule has 1 N–H and O–H groups in total. The van der Waals surface area contributed by atoms with Crippen LogP contribution in [0.2, 0.25) is 0 Å². The maximum atomic E-state index is 12.7. The monoisotopic (exact) mass is 326 g/mol. The number of carbonyl (C=O) groups is 1. The van der Waals surface area contributed by atoms with Gasteiger partial charge in [0.25, 0.3) is 9.84 Å². The van der Waals surface area contributed by atoms with Crippen molar-refractivity contribution in [2.45, 2.75) is 30.2 Å². The van der Waals surface area contributed by atoms with E-state index < -0.39 is 37.7 Å². The second-order valence-electron chi connectivity index (χ2n) is 4.50. The number of hydrogen-bond acceptors (Lipinski definition) is 4. The topological polar surface area (TPSA) is 80.7 Å². The first-order chi connectivity index (χ1) is 9.43. The van der Waals surface area contributed by atoms with Gasteiger partial charge in [-0.1, -0.05) is 13.8 Å². The average molecular weight is 326 g/mol. The number of aromatic carboxylic acids is 1. The molecule has 21 heavy (non-hydrogen) atoms. The third-order valence-electron chi connectivity index (χ3n) is 2.78. The van der Waals surface area contributed by atoms with E-state index in [0.717, 1.165) is 13.2 Å². The summed E-state index contributed by atoms with van der Waals surface area (Å²) in [6, 6.07) is 1.49. The smallest absolute Gasteiger partial charge is 0.496 e. The first-order valence-electron chi connectivity index (χ1n) is 5.70. The normalized spacial score (nSPS) is 12.5. The molecule has 0 aliphatic rings. The van der Waals surface area contributed by atoms with Crippen molar-refractivity contribution in [3.05, 3.63) is 23.3 Å². The second kappa shape index (κ2) is 5.55. The van der Waals surface area contributed by atoms with Gasteiger partial charge in [-0.15, -0.1) is 0 Å². The third kappa shape index (κ3) is 3.12. The predicted octanol–water partition coefficient (Wildman–Crippen LogP) is 2.81. The van der Waals surface area contributed by atoms with E-state index in [1.165, 1.54) is 13.8 Å². The molecule has 0 aromatic heterocycles. The van der Waals surface area contributed by atoms with Crippen molar-refractivity contribution >= 4 is 15.8 Å². The van der Waals surface area contributed by atoms with Crippen LogP contribution in [-0.4, -0.2) is 32.1 Å². The molecule has 0 saturated carbocycles. The maximum absolute atomic E-state index is 12.7. The molecule has 0 spiro atoms. The lowest BCUT2D eigenvalue weighted by Crippen LogP contribution is -2.25. The van der Waals surface area contributed by atoms with Crippen LogP contribution in [0.5, 0.6) is 5.75 Å². The van der Waals surface area contributed by atoms with Gasteiger partial charge >= 0.3 is 11.5 Å². The van der Waals surface area contributed by atoms with Gasteiger partial charge in [-0.25, -0.2) is 13.2 Å². The molecule has 0 bridgehead atoms. The Morgan fingerprint density at radius 2 is 1.81 bits per heavy atom. The zero-order valence-corrected chi connectivity index (χ0v) is 12.2. The standard InChI is InChI=1S/C12H13F3O5S/c1-6(2)7-4-9(20-3)8(11(16)17)5-10(7)21(18,19)12(13,14)15/h4-6H,1-3H3,(H,16,17). The fourth-order valence-corrected chi connectivity index (χ4v) is 2.85. The molecule has 0 amide bonds. The van der Waals surface area contributed by atoms with Crippen LogP contribution in [0.1, 0.15) is 35.7 Å². The van der Waals surface area contributed by atoms with Crippen molar-refractivity contribution < 1.29 is 36.2 Å². The fraction of sp³-hybridized carbons (Fsp3) is 0.417. The Morgan fingerprint density at radius 3 is 2.14 bits per heavy atom. The van der Waals surface area contributed by atoms with Crippen LogP contribution in [0.15, 0.2) is 17.0 Å². The zero-order valence-electron chi connectivity index (χ0n) is 11.4. The molecule has 0 unspecified atom stereocenters. The van der Waals surface area contributed by atoms with E-state index in [9.17, 15) is 26.4 Å². The molecule has 1 aromatic carbocycles. The molecule has 0 aliphatic carbocycles. The Morgan fingerprint density at radius 1 is 1.29 bits per heavy atom. The summed E-state index contributed by atoms with van der Waals surface area (Å²) in [5.74, 6) is -2.36. The molecular formula is C12H13F3O5S. The summed E-state index contributed by atoms with van der Waals surface area (Å²) in [5.41, 5.74) is -6.32. The molecule has 5 nitrogen and oxygen atoms in total. The highest BCUT2D eigenvalue weighted by molar-refractivity contribution is 7.92. The van der Waals surface area contributed by atoms with Crippen LogP contribution < -0.4 is 4.74 Å². The SMILES string of the molecule is COc1cc(C(C)C)c(S(=O)(=O)C(F)(F)F)cc1C(=O)O. The van der Waals surface area contributed by atoms with Gasteiger partial charge in [0.15, 0.2) is 0 Å². The summed E-state index contributed by atoms with van der Waals surface area (Å²) >= 11 is 0. The van der Waals surface area contributed by atoms with Gasteiger partial charge < -0.3 is 9.84 Å². The van der Waals surface area contributed by atoms with Crippen LogP contribution >= 0.6 is 0 Å². The lowest BCUT2D eigenvalue weighted by atomic mass is 10.0. The summed E-state index contributed by atoms with van der Waals surface area (Å²) in [7, 11) is -4.51. The minimum atomic E-state index is -5.65. The Kier molecular flexibility index (Phi) is 4.57. The van der Waals surface area contributed by atoms with Crippen LogP contribution in [-0.2, 0) is 9.84 Å². The highest BCUT2D eigenvalue weighted by Crippen LogP contribution is 2.38.